The number of halogens is 2. The predicted molar refractivity (Wildman–Crippen MR) is 69.9 cm³/mol. The highest BCUT2D eigenvalue weighted by molar-refractivity contribution is 9.10. The van der Waals surface area contributed by atoms with E-state index in [-0.39, 0.29) is 11.9 Å². The van der Waals surface area contributed by atoms with E-state index in [0.29, 0.717) is 17.9 Å². The Bertz CT molecular complexity index is 337. The predicted octanol–water partition coefficient (Wildman–Crippen LogP) is 3.89. The lowest BCUT2D eigenvalue weighted by Gasteiger charge is -2.21. The van der Waals surface area contributed by atoms with Crippen LogP contribution in [-0.4, -0.2) is 6.04 Å². The van der Waals surface area contributed by atoms with Crippen molar-refractivity contribution in [1.82, 2.24) is 0 Å². The average molecular weight is 288 g/mol. The number of rotatable bonds is 5. The monoisotopic (exact) mass is 287 g/mol. The number of benzene rings is 1. The molecule has 1 atom stereocenters. The largest absolute Gasteiger partial charge is 0.327 e. The molecule has 1 aromatic rings. The minimum absolute atomic E-state index is 0.0406. The van der Waals surface area contributed by atoms with Gasteiger partial charge in [-0.1, -0.05) is 42.6 Å². The summed E-state index contributed by atoms with van der Waals surface area (Å²) < 4.78 is 14.4. The third-order valence-corrected chi connectivity index (χ3v) is 3.61. The molecule has 1 nitrogen and oxygen atoms in total. The van der Waals surface area contributed by atoms with Crippen molar-refractivity contribution in [3.63, 3.8) is 0 Å². The van der Waals surface area contributed by atoms with E-state index in [0.717, 1.165) is 17.3 Å². The Morgan fingerprint density at radius 3 is 2.50 bits per heavy atom. The van der Waals surface area contributed by atoms with Gasteiger partial charge in [0.05, 0.1) is 0 Å². The summed E-state index contributed by atoms with van der Waals surface area (Å²) in [7, 11) is 0. The Labute approximate surface area is 105 Å². The van der Waals surface area contributed by atoms with Crippen molar-refractivity contribution >= 4 is 15.9 Å². The lowest BCUT2D eigenvalue weighted by Crippen LogP contribution is -2.31. The van der Waals surface area contributed by atoms with Gasteiger partial charge in [-0.25, -0.2) is 4.39 Å². The number of nitrogens with two attached hydrogens (primary N) is 1. The van der Waals surface area contributed by atoms with Gasteiger partial charge in [-0.15, -0.1) is 0 Å². The Balaban J connectivity index is 2.75. The van der Waals surface area contributed by atoms with Crippen molar-refractivity contribution in [2.45, 2.75) is 39.2 Å². The molecule has 2 N–H and O–H groups in total. The molecule has 0 amide bonds. The molecule has 0 radical (unpaired) electrons. The fraction of sp³-hybridized carbons (Fsp3) is 0.538. The first-order valence-corrected chi connectivity index (χ1v) is 6.57. The van der Waals surface area contributed by atoms with Crippen LogP contribution in [0.5, 0.6) is 0 Å². The highest BCUT2D eigenvalue weighted by Crippen LogP contribution is 2.20. The SMILES string of the molecule is CCC(CC)C(N)Cc1cc(Br)ccc1F. The van der Waals surface area contributed by atoms with Gasteiger partial charge in [-0.05, 0) is 36.1 Å². The van der Waals surface area contributed by atoms with Gasteiger partial charge in [0.15, 0.2) is 0 Å². The Morgan fingerprint density at radius 2 is 1.94 bits per heavy atom. The van der Waals surface area contributed by atoms with Gasteiger partial charge in [0, 0.05) is 10.5 Å². The van der Waals surface area contributed by atoms with Crippen molar-refractivity contribution in [1.29, 1.82) is 0 Å². The minimum Gasteiger partial charge on any atom is -0.327 e. The summed E-state index contributed by atoms with van der Waals surface area (Å²) in [5, 5.41) is 0. The molecule has 1 unspecified atom stereocenters. The summed E-state index contributed by atoms with van der Waals surface area (Å²) in [5.41, 5.74) is 6.81. The van der Waals surface area contributed by atoms with E-state index >= 15 is 0 Å². The molecule has 0 fully saturated rings. The summed E-state index contributed by atoms with van der Waals surface area (Å²) in [6.07, 6.45) is 2.71. The van der Waals surface area contributed by atoms with Gasteiger partial charge in [-0.2, -0.15) is 0 Å². The molecule has 0 spiro atoms. The maximum absolute atomic E-state index is 13.5. The lowest BCUT2D eigenvalue weighted by atomic mass is 9.90. The van der Waals surface area contributed by atoms with E-state index in [1.807, 2.05) is 6.07 Å². The van der Waals surface area contributed by atoms with Crippen molar-refractivity contribution in [3.05, 3.63) is 34.1 Å². The summed E-state index contributed by atoms with van der Waals surface area (Å²) in [6, 6.07) is 5.05. The van der Waals surface area contributed by atoms with Gasteiger partial charge in [-0.3, -0.25) is 0 Å². The second-order valence-corrected chi connectivity index (χ2v) is 5.10. The summed E-state index contributed by atoms with van der Waals surface area (Å²) >= 11 is 3.35. The molecule has 3 heteroatoms. The molecule has 0 saturated heterocycles. The van der Waals surface area contributed by atoms with Crippen LogP contribution in [0.4, 0.5) is 4.39 Å². The zero-order chi connectivity index (χ0) is 12.1. The van der Waals surface area contributed by atoms with Crippen molar-refractivity contribution in [3.8, 4) is 0 Å². The second-order valence-electron chi connectivity index (χ2n) is 4.18. The van der Waals surface area contributed by atoms with Crippen LogP contribution in [0.3, 0.4) is 0 Å². The minimum atomic E-state index is -0.162. The van der Waals surface area contributed by atoms with Gasteiger partial charge in [0.1, 0.15) is 5.82 Å². The lowest BCUT2D eigenvalue weighted by molar-refractivity contribution is 0.389. The molecule has 0 aromatic heterocycles. The van der Waals surface area contributed by atoms with Crippen LogP contribution in [0.2, 0.25) is 0 Å². The Hall–Kier alpha value is -0.410. The molecule has 16 heavy (non-hydrogen) atoms. The number of hydrogen-bond donors (Lipinski definition) is 1. The fourth-order valence-corrected chi connectivity index (χ4v) is 2.42. The van der Waals surface area contributed by atoms with E-state index in [1.165, 1.54) is 6.07 Å². The molecule has 0 aliphatic rings. The van der Waals surface area contributed by atoms with Gasteiger partial charge in [0.2, 0.25) is 0 Å². The van der Waals surface area contributed by atoms with Crippen LogP contribution in [0.25, 0.3) is 0 Å². The molecule has 0 heterocycles. The topological polar surface area (TPSA) is 26.0 Å². The van der Waals surface area contributed by atoms with Crippen molar-refractivity contribution < 1.29 is 4.39 Å². The molecule has 1 aromatic carbocycles. The third kappa shape index (κ3) is 3.56. The van der Waals surface area contributed by atoms with Crippen LogP contribution in [0.1, 0.15) is 32.3 Å². The van der Waals surface area contributed by atoms with Gasteiger partial charge < -0.3 is 5.73 Å². The van der Waals surface area contributed by atoms with Crippen LogP contribution < -0.4 is 5.73 Å². The van der Waals surface area contributed by atoms with Gasteiger partial charge >= 0.3 is 0 Å². The molecule has 0 saturated carbocycles. The van der Waals surface area contributed by atoms with E-state index in [4.69, 9.17) is 5.73 Å². The summed E-state index contributed by atoms with van der Waals surface area (Å²) in [4.78, 5) is 0. The first kappa shape index (κ1) is 13.7. The summed E-state index contributed by atoms with van der Waals surface area (Å²) in [5.74, 6) is 0.308. The fourth-order valence-electron chi connectivity index (χ4n) is 2.01. The average Bonchev–Trinajstić information content (AvgIpc) is 2.25. The van der Waals surface area contributed by atoms with E-state index in [1.54, 1.807) is 6.07 Å². The molecular weight excluding hydrogens is 269 g/mol. The number of hydrogen-bond acceptors (Lipinski definition) is 1. The second kappa shape index (κ2) is 6.36. The highest BCUT2D eigenvalue weighted by Gasteiger charge is 2.16. The van der Waals surface area contributed by atoms with Gasteiger partial charge in [0.25, 0.3) is 0 Å². The van der Waals surface area contributed by atoms with Crippen molar-refractivity contribution in [2.24, 2.45) is 11.7 Å². The first-order chi connectivity index (χ1) is 7.58. The molecule has 0 aliphatic carbocycles. The molecule has 1 rings (SSSR count). The van der Waals surface area contributed by atoms with Crippen molar-refractivity contribution in [2.75, 3.05) is 0 Å². The standard InChI is InChI=1S/C13H19BrFN/c1-3-9(4-2)13(16)8-10-7-11(14)5-6-12(10)15/h5-7,9,13H,3-4,8,16H2,1-2H3. The zero-order valence-electron chi connectivity index (χ0n) is 9.84. The zero-order valence-corrected chi connectivity index (χ0v) is 11.4. The van der Waals surface area contributed by atoms with Crippen LogP contribution in [0, 0.1) is 11.7 Å². The normalized spacial score (nSPS) is 13.1. The maximum Gasteiger partial charge on any atom is 0.126 e. The Kier molecular flexibility index (Phi) is 5.42. The smallest absolute Gasteiger partial charge is 0.126 e. The van der Waals surface area contributed by atoms with E-state index < -0.39 is 0 Å². The van der Waals surface area contributed by atoms with E-state index in [2.05, 4.69) is 29.8 Å². The van der Waals surface area contributed by atoms with Crippen LogP contribution >= 0.6 is 15.9 Å². The molecular formula is C13H19BrFN. The van der Waals surface area contributed by atoms with Crippen LogP contribution in [0.15, 0.2) is 22.7 Å². The third-order valence-electron chi connectivity index (χ3n) is 3.12. The van der Waals surface area contributed by atoms with Crippen LogP contribution in [-0.2, 0) is 6.42 Å². The maximum atomic E-state index is 13.5. The van der Waals surface area contributed by atoms with E-state index in [9.17, 15) is 4.39 Å². The summed E-state index contributed by atoms with van der Waals surface area (Å²) in [6.45, 7) is 4.26. The molecule has 90 valence electrons. The molecule has 0 bridgehead atoms. The highest BCUT2D eigenvalue weighted by atomic mass is 79.9. The quantitative estimate of drug-likeness (QED) is 0.874. The molecule has 0 aliphatic heterocycles. The Morgan fingerprint density at radius 1 is 1.31 bits per heavy atom. The first-order valence-electron chi connectivity index (χ1n) is 5.78.